The van der Waals surface area contributed by atoms with Gasteiger partial charge in [0.05, 0.1) is 11.1 Å². The Morgan fingerprint density at radius 3 is 2.71 bits per heavy atom. The van der Waals surface area contributed by atoms with Crippen molar-refractivity contribution < 1.29 is 14.6 Å². The summed E-state index contributed by atoms with van der Waals surface area (Å²) in [6.45, 7) is 3.58. The minimum atomic E-state index is -0.784. The number of benzene rings is 2. The Morgan fingerprint density at radius 2 is 1.92 bits per heavy atom. The number of hydrogen-bond donors (Lipinski definition) is 0. The van der Waals surface area contributed by atoms with Crippen molar-refractivity contribution in [2.75, 3.05) is 0 Å². The van der Waals surface area contributed by atoms with Crippen LogP contribution in [-0.4, -0.2) is 4.98 Å². The molecular formula is C20H15F2NO. The van der Waals surface area contributed by atoms with Gasteiger partial charge in [0, 0.05) is 24.6 Å². The number of aromatic nitrogens is 1. The van der Waals surface area contributed by atoms with Crippen molar-refractivity contribution in [3.05, 3.63) is 65.9 Å². The second-order valence-electron chi connectivity index (χ2n) is 5.97. The van der Waals surface area contributed by atoms with E-state index in [-0.39, 0.29) is 0 Å². The third-order valence-corrected chi connectivity index (χ3v) is 4.15. The van der Waals surface area contributed by atoms with Gasteiger partial charge in [-0.25, -0.2) is 8.78 Å². The van der Waals surface area contributed by atoms with Gasteiger partial charge in [-0.05, 0) is 47.9 Å². The van der Waals surface area contributed by atoms with Gasteiger partial charge in [0.1, 0.15) is 22.8 Å². The quantitative estimate of drug-likeness (QED) is 0.448. The summed E-state index contributed by atoms with van der Waals surface area (Å²) in [6.07, 6.45) is 1.62. The van der Waals surface area contributed by atoms with E-state index in [1.54, 1.807) is 38.2 Å². The molecule has 2 heterocycles. The molecule has 0 bridgehead atoms. The van der Waals surface area contributed by atoms with E-state index in [0.29, 0.717) is 33.2 Å². The van der Waals surface area contributed by atoms with E-state index in [2.05, 4.69) is 4.98 Å². The Balaban J connectivity index is 2.03. The van der Waals surface area contributed by atoms with Crippen molar-refractivity contribution in [2.24, 2.45) is 0 Å². The van der Waals surface area contributed by atoms with Crippen LogP contribution in [-0.2, 0) is 0 Å². The standard InChI is InChI=1S/C20H15F2NO/c1-11(2)12-7-8-23-17(9-12)14-5-6-16(22)19-15-4-3-13(21)10-18(15)24-20(14)19/h3-11H,1-2H3/i11D. The van der Waals surface area contributed by atoms with Gasteiger partial charge in [-0.3, -0.25) is 4.98 Å². The maximum absolute atomic E-state index is 14.4. The molecule has 0 atom stereocenters. The first-order valence-electron chi connectivity index (χ1n) is 8.12. The lowest BCUT2D eigenvalue weighted by atomic mass is 10.0. The van der Waals surface area contributed by atoms with Crippen LogP contribution in [0.15, 0.2) is 53.1 Å². The number of halogens is 2. The summed E-state index contributed by atoms with van der Waals surface area (Å²) >= 11 is 0. The normalized spacial score (nSPS) is 12.8. The summed E-state index contributed by atoms with van der Waals surface area (Å²) in [7, 11) is 0. The number of hydrogen-bond acceptors (Lipinski definition) is 2. The summed E-state index contributed by atoms with van der Waals surface area (Å²) in [6, 6.07) is 10.6. The van der Waals surface area contributed by atoms with Gasteiger partial charge in [-0.2, -0.15) is 0 Å². The Bertz CT molecular complexity index is 1110. The zero-order valence-corrected chi connectivity index (χ0v) is 13.2. The molecule has 0 aliphatic rings. The first-order chi connectivity index (χ1) is 11.8. The zero-order valence-electron chi connectivity index (χ0n) is 14.2. The Morgan fingerprint density at radius 1 is 1.08 bits per heavy atom. The van der Waals surface area contributed by atoms with E-state index in [4.69, 9.17) is 5.79 Å². The van der Waals surface area contributed by atoms with E-state index < -0.39 is 17.5 Å². The summed E-state index contributed by atoms with van der Waals surface area (Å²) in [4.78, 5) is 4.35. The number of nitrogens with zero attached hydrogens (tertiary/aromatic N) is 1. The van der Waals surface area contributed by atoms with Crippen LogP contribution in [0.4, 0.5) is 8.78 Å². The largest absolute Gasteiger partial charge is 0.455 e. The van der Waals surface area contributed by atoms with E-state index >= 15 is 0 Å². The average Bonchev–Trinajstić information content (AvgIpc) is 2.93. The van der Waals surface area contributed by atoms with Crippen LogP contribution >= 0.6 is 0 Å². The molecule has 0 unspecified atom stereocenters. The fourth-order valence-corrected chi connectivity index (χ4v) is 2.90. The third kappa shape index (κ3) is 2.26. The number of pyridine rings is 1. The van der Waals surface area contributed by atoms with Gasteiger partial charge in [-0.1, -0.05) is 13.8 Å². The van der Waals surface area contributed by atoms with Gasteiger partial charge in [0.15, 0.2) is 0 Å². The molecule has 0 spiro atoms. The fourth-order valence-electron chi connectivity index (χ4n) is 2.90. The van der Waals surface area contributed by atoms with Crippen LogP contribution in [0.5, 0.6) is 0 Å². The third-order valence-electron chi connectivity index (χ3n) is 4.15. The van der Waals surface area contributed by atoms with Gasteiger partial charge in [0.2, 0.25) is 0 Å². The van der Waals surface area contributed by atoms with E-state index in [1.165, 1.54) is 24.3 Å². The zero-order chi connectivity index (χ0) is 17.8. The van der Waals surface area contributed by atoms with Crippen LogP contribution < -0.4 is 0 Å². The second kappa shape index (κ2) is 5.41. The maximum atomic E-state index is 14.4. The van der Waals surface area contributed by atoms with Crippen LogP contribution in [0.3, 0.4) is 0 Å². The van der Waals surface area contributed by atoms with Crippen molar-refractivity contribution in [1.82, 2.24) is 4.98 Å². The Kier molecular flexibility index (Phi) is 3.08. The Hall–Kier alpha value is -2.75. The summed E-state index contributed by atoms with van der Waals surface area (Å²) in [5.41, 5.74) is 2.60. The van der Waals surface area contributed by atoms with Crippen molar-refractivity contribution >= 4 is 21.9 Å². The molecule has 0 aliphatic heterocycles. The molecule has 0 saturated carbocycles. The molecular weight excluding hydrogens is 308 g/mol. The highest BCUT2D eigenvalue weighted by molar-refractivity contribution is 6.09. The average molecular weight is 324 g/mol. The topological polar surface area (TPSA) is 26.0 Å². The van der Waals surface area contributed by atoms with Gasteiger partial charge < -0.3 is 4.42 Å². The lowest BCUT2D eigenvalue weighted by Crippen LogP contribution is -1.91. The predicted octanol–water partition coefficient (Wildman–Crippen LogP) is 6.05. The van der Waals surface area contributed by atoms with Crippen LogP contribution in [0.1, 0.15) is 26.7 Å². The van der Waals surface area contributed by atoms with E-state index in [1.807, 2.05) is 0 Å². The number of rotatable bonds is 2. The highest BCUT2D eigenvalue weighted by Gasteiger charge is 2.17. The van der Waals surface area contributed by atoms with E-state index in [0.717, 1.165) is 5.56 Å². The second-order valence-corrected chi connectivity index (χ2v) is 5.97. The molecule has 4 heteroatoms. The molecule has 120 valence electrons. The molecule has 0 fully saturated rings. The minimum Gasteiger partial charge on any atom is -0.455 e. The molecule has 2 nitrogen and oxygen atoms in total. The van der Waals surface area contributed by atoms with Crippen molar-refractivity contribution in [2.45, 2.75) is 19.7 Å². The summed E-state index contributed by atoms with van der Waals surface area (Å²) < 4.78 is 41.8. The molecule has 4 rings (SSSR count). The predicted molar refractivity (Wildman–Crippen MR) is 91.0 cm³/mol. The summed E-state index contributed by atoms with van der Waals surface area (Å²) in [5.74, 6) is -1.65. The van der Waals surface area contributed by atoms with Crippen molar-refractivity contribution in [3.8, 4) is 11.3 Å². The minimum absolute atomic E-state index is 0.290. The number of furan rings is 1. The first kappa shape index (κ1) is 13.7. The van der Waals surface area contributed by atoms with Crippen LogP contribution in [0.2, 0.25) is 0 Å². The SMILES string of the molecule is [2H]C(C)(C)c1ccnc(-c2ccc(F)c3c2oc2cc(F)ccc23)c1. The highest BCUT2D eigenvalue weighted by Crippen LogP contribution is 2.37. The van der Waals surface area contributed by atoms with E-state index in [9.17, 15) is 8.78 Å². The molecule has 2 aromatic carbocycles. The lowest BCUT2D eigenvalue weighted by molar-refractivity contribution is 0.617. The molecule has 0 saturated heterocycles. The van der Waals surface area contributed by atoms with Crippen molar-refractivity contribution in [3.63, 3.8) is 0 Å². The number of fused-ring (bicyclic) bond motifs is 3. The molecule has 4 aromatic rings. The maximum Gasteiger partial charge on any atom is 0.147 e. The molecule has 2 aromatic heterocycles. The molecule has 0 N–H and O–H groups in total. The van der Waals surface area contributed by atoms with Crippen LogP contribution in [0, 0.1) is 11.6 Å². The fraction of sp³-hybridized carbons (Fsp3) is 0.150. The van der Waals surface area contributed by atoms with Crippen molar-refractivity contribution in [1.29, 1.82) is 0 Å². The first-order valence-corrected chi connectivity index (χ1v) is 7.62. The molecule has 0 radical (unpaired) electrons. The Labute approximate surface area is 139 Å². The monoisotopic (exact) mass is 324 g/mol. The highest BCUT2D eigenvalue weighted by atomic mass is 19.1. The molecule has 24 heavy (non-hydrogen) atoms. The van der Waals surface area contributed by atoms with Gasteiger partial charge in [-0.15, -0.1) is 0 Å². The van der Waals surface area contributed by atoms with Crippen LogP contribution in [0.25, 0.3) is 33.2 Å². The molecule has 0 aliphatic carbocycles. The molecule has 0 amide bonds. The van der Waals surface area contributed by atoms with Gasteiger partial charge >= 0.3 is 0 Å². The lowest BCUT2D eigenvalue weighted by Gasteiger charge is -2.08. The smallest absolute Gasteiger partial charge is 0.147 e. The van der Waals surface area contributed by atoms with Gasteiger partial charge in [0.25, 0.3) is 0 Å². The summed E-state index contributed by atoms with van der Waals surface area (Å²) in [5, 5.41) is 0.831.